The van der Waals surface area contributed by atoms with Gasteiger partial charge in [0.25, 0.3) is 5.91 Å². The maximum Gasteiger partial charge on any atom is 0.422 e. The lowest BCUT2D eigenvalue weighted by molar-refractivity contribution is -0.154. The van der Waals surface area contributed by atoms with Gasteiger partial charge in [0.15, 0.2) is 6.61 Å². The number of ether oxygens (including phenoxy) is 1. The largest absolute Gasteiger partial charge is 0.467 e. The summed E-state index contributed by atoms with van der Waals surface area (Å²) in [6, 6.07) is 7.44. The van der Waals surface area contributed by atoms with Crippen LogP contribution >= 0.6 is 0 Å². The molecule has 0 saturated carbocycles. The summed E-state index contributed by atoms with van der Waals surface area (Å²) in [6.45, 7) is -1.08. The highest BCUT2D eigenvalue weighted by molar-refractivity contribution is 5.99. The molecule has 0 radical (unpaired) electrons. The fourth-order valence-electron chi connectivity index (χ4n) is 3.02. The molecule has 3 aromatic rings. The number of aromatic nitrogens is 5. The molecular formula is C18H15F3N6O2. The fraction of sp³-hybridized carbons (Fsp3) is 0.278. The molecule has 1 aliphatic heterocycles. The van der Waals surface area contributed by atoms with E-state index in [2.05, 4.69) is 20.3 Å². The minimum absolute atomic E-state index is 0.0204. The van der Waals surface area contributed by atoms with Crippen molar-refractivity contribution >= 4 is 5.91 Å². The van der Waals surface area contributed by atoms with Gasteiger partial charge in [0.1, 0.15) is 17.6 Å². The summed E-state index contributed by atoms with van der Waals surface area (Å²) in [5.41, 5.74) is 2.79. The average Bonchev–Trinajstić information content (AvgIpc) is 3.24. The van der Waals surface area contributed by atoms with Crippen LogP contribution in [0.1, 0.15) is 21.6 Å². The summed E-state index contributed by atoms with van der Waals surface area (Å²) in [7, 11) is 1.77. The molecule has 3 heterocycles. The van der Waals surface area contributed by atoms with E-state index in [0.717, 1.165) is 23.1 Å². The lowest BCUT2D eigenvalue weighted by atomic mass is 10.1. The van der Waals surface area contributed by atoms with Crippen molar-refractivity contribution in [1.82, 2.24) is 29.9 Å². The van der Waals surface area contributed by atoms with E-state index >= 15 is 0 Å². The van der Waals surface area contributed by atoms with Gasteiger partial charge in [-0.3, -0.25) is 9.48 Å². The van der Waals surface area contributed by atoms with E-state index in [1.807, 2.05) is 24.3 Å². The predicted octanol–water partition coefficient (Wildman–Crippen LogP) is 2.37. The van der Waals surface area contributed by atoms with Gasteiger partial charge in [-0.05, 0) is 5.56 Å². The molecule has 0 bridgehead atoms. The first-order valence-electron chi connectivity index (χ1n) is 8.58. The third-order valence-electron chi connectivity index (χ3n) is 4.33. The molecule has 1 amide bonds. The summed E-state index contributed by atoms with van der Waals surface area (Å²) in [5.74, 6) is -0.811. The third-order valence-corrected chi connectivity index (χ3v) is 4.33. The van der Waals surface area contributed by atoms with Crippen LogP contribution in [0.15, 0.2) is 36.8 Å². The van der Waals surface area contributed by atoms with Gasteiger partial charge in [-0.15, -0.1) is 5.10 Å². The molecule has 150 valence electrons. The highest BCUT2D eigenvalue weighted by Crippen LogP contribution is 2.30. The van der Waals surface area contributed by atoms with Crippen molar-refractivity contribution in [3.05, 3.63) is 53.6 Å². The van der Waals surface area contributed by atoms with E-state index in [-0.39, 0.29) is 24.5 Å². The predicted molar refractivity (Wildman–Crippen MR) is 93.6 cm³/mol. The Labute approximate surface area is 162 Å². The fourth-order valence-corrected chi connectivity index (χ4v) is 3.02. The second-order valence-corrected chi connectivity index (χ2v) is 6.54. The molecule has 0 unspecified atom stereocenters. The molecule has 0 atom stereocenters. The van der Waals surface area contributed by atoms with Gasteiger partial charge in [0, 0.05) is 19.2 Å². The Hall–Kier alpha value is -3.50. The van der Waals surface area contributed by atoms with Gasteiger partial charge in [-0.25, -0.2) is 9.97 Å². The van der Waals surface area contributed by atoms with Crippen molar-refractivity contribution in [3.8, 4) is 17.1 Å². The molecular weight excluding hydrogens is 389 g/mol. The lowest BCUT2D eigenvalue weighted by Gasteiger charge is -2.15. The molecule has 0 saturated heterocycles. The topological polar surface area (TPSA) is 86.0 Å². The maximum atomic E-state index is 12.7. The molecule has 0 spiro atoms. The summed E-state index contributed by atoms with van der Waals surface area (Å²) in [6.07, 6.45) is -1.64. The first kappa shape index (κ1) is 18.8. The number of alkyl halides is 3. The van der Waals surface area contributed by atoms with Crippen molar-refractivity contribution in [2.24, 2.45) is 7.05 Å². The van der Waals surface area contributed by atoms with Crippen LogP contribution in [0.25, 0.3) is 11.3 Å². The van der Waals surface area contributed by atoms with Crippen molar-refractivity contribution < 1.29 is 22.7 Å². The Morgan fingerprint density at radius 3 is 2.59 bits per heavy atom. The molecule has 11 heteroatoms. The SMILES string of the molecule is Cn1cc(-c2ccc(CN3Cc4ncnc(OCC(F)(F)F)c4C3=O)cc2)nn1. The van der Waals surface area contributed by atoms with Gasteiger partial charge < -0.3 is 9.64 Å². The zero-order valence-corrected chi connectivity index (χ0v) is 15.2. The maximum absolute atomic E-state index is 12.7. The van der Waals surface area contributed by atoms with E-state index in [1.165, 1.54) is 4.90 Å². The summed E-state index contributed by atoms with van der Waals surface area (Å²) >= 11 is 0. The van der Waals surface area contributed by atoms with Crippen molar-refractivity contribution in [2.75, 3.05) is 6.61 Å². The van der Waals surface area contributed by atoms with Gasteiger partial charge in [0.05, 0.1) is 18.4 Å². The Morgan fingerprint density at radius 2 is 1.93 bits per heavy atom. The Morgan fingerprint density at radius 1 is 1.17 bits per heavy atom. The highest BCUT2D eigenvalue weighted by Gasteiger charge is 2.35. The quantitative estimate of drug-likeness (QED) is 0.649. The van der Waals surface area contributed by atoms with Crippen LogP contribution in [0, 0.1) is 0 Å². The van der Waals surface area contributed by atoms with Crippen LogP contribution in [0.3, 0.4) is 0 Å². The number of rotatable bonds is 5. The van der Waals surface area contributed by atoms with Crippen LogP contribution in [-0.2, 0) is 20.1 Å². The van der Waals surface area contributed by atoms with E-state index in [0.29, 0.717) is 5.69 Å². The minimum Gasteiger partial charge on any atom is -0.467 e. The number of benzene rings is 1. The number of carbonyl (C=O) groups excluding carboxylic acids is 1. The molecule has 8 nitrogen and oxygen atoms in total. The lowest BCUT2D eigenvalue weighted by Crippen LogP contribution is -2.24. The van der Waals surface area contributed by atoms with Crippen LogP contribution in [0.5, 0.6) is 5.88 Å². The second-order valence-electron chi connectivity index (χ2n) is 6.54. The van der Waals surface area contributed by atoms with Crippen LogP contribution in [-0.4, -0.2) is 48.6 Å². The molecule has 29 heavy (non-hydrogen) atoms. The Kier molecular flexibility index (Phi) is 4.65. The zero-order chi connectivity index (χ0) is 20.6. The first-order valence-corrected chi connectivity index (χ1v) is 8.58. The number of aryl methyl sites for hydroxylation is 1. The van der Waals surface area contributed by atoms with Gasteiger partial charge >= 0.3 is 6.18 Å². The normalized spacial score (nSPS) is 13.7. The standard InChI is InChI=1S/C18H15F3N6O2/c1-26-7-13(24-25-26)12-4-2-11(3-5-12)6-27-8-14-15(17(27)28)16(23-10-22-14)29-9-18(19,20)21/h2-5,7,10H,6,8-9H2,1H3. The van der Waals surface area contributed by atoms with Crippen molar-refractivity contribution in [3.63, 3.8) is 0 Å². The smallest absolute Gasteiger partial charge is 0.422 e. The third kappa shape index (κ3) is 4.03. The number of hydrogen-bond donors (Lipinski definition) is 0. The van der Waals surface area contributed by atoms with Crippen molar-refractivity contribution in [1.29, 1.82) is 0 Å². The van der Waals surface area contributed by atoms with Gasteiger partial charge in [-0.2, -0.15) is 13.2 Å². The second kappa shape index (κ2) is 7.15. The molecule has 0 N–H and O–H groups in total. The van der Waals surface area contributed by atoms with Gasteiger partial charge in [0.2, 0.25) is 5.88 Å². The summed E-state index contributed by atoms with van der Waals surface area (Å²) < 4.78 is 43.6. The van der Waals surface area contributed by atoms with Gasteiger partial charge in [-0.1, -0.05) is 29.5 Å². The summed E-state index contributed by atoms with van der Waals surface area (Å²) in [5, 5.41) is 7.93. The molecule has 2 aromatic heterocycles. The molecule has 1 aliphatic rings. The van der Waals surface area contributed by atoms with E-state index in [9.17, 15) is 18.0 Å². The number of amides is 1. The molecule has 1 aromatic carbocycles. The first-order chi connectivity index (χ1) is 13.8. The van der Waals surface area contributed by atoms with Crippen LogP contribution < -0.4 is 4.74 Å². The number of fused-ring (bicyclic) bond motifs is 1. The Bertz CT molecular complexity index is 1050. The Balaban J connectivity index is 1.48. The number of halogens is 3. The number of carbonyl (C=O) groups is 1. The van der Waals surface area contributed by atoms with Crippen LogP contribution in [0.2, 0.25) is 0 Å². The van der Waals surface area contributed by atoms with Crippen LogP contribution in [0.4, 0.5) is 13.2 Å². The minimum atomic E-state index is -4.52. The number of hydrogen-bond acceptors (Lipinski definition) is 6. The van der Waals surface area contributed by atoms with E-state index in [4.69, 9.17) is 4.74 Å². The van der Waals surface area contributed by atoms with E-state index < -0.39 is 18.7 Å². The average molecular weight is 404 g/mol. The molecule has 0 fully saturated rings. The molecule has 0 aliphatic carbocycles. The zero-order valence-electron chi connectivity index (χ0n) is 15.2. The number of nitrogens with zero attached hydrogens (tertiary/aromatic N) is 6. The monoisotopic (exact) mass is 404 g/mol. The molecule has 4 rings (SSSR count). The summed E-state index contributed by atoms with van der Waals surface area (Å²) in [4.78, 5) is 21.9. The van der Waals surface area contributed by atoms with Crippen molar-refractivity contribution in [2.45, 2.75) is 19.3 Å². The highest BCUT2D eigenvalue weighted by atomic mass is 19.4. The van der Waals surface area contributed by atoms with E-state index in [1.54, 1.807) is 17.9 Å².